The predicted molar refractivity (Wildman–Crippen MR) is 91.6 cm³/mol. The molecular weight excluding hydrogens is 304 g/mol. The Labute approximate surface area is 128 Å². The van der Waals surface area contributed by atoms with Crippen molar-refractivity contribution in [2.75, 3.05) is 0 Å². The molecule has 0 N–H and O–H groups in total. The second kappa shape index (κ2) is 8.28. The highest BCUT2D eigenvalue weighted by atomic mass is 28.4. The van der Waals surface area contributed by atoms with Gasteiger partial charge in [0.1, 0.15) is 15.4 Å². The number of ether oxygens (including phenoxy) is 1. The second-order valence-electron chi connectivity index (χ2n) is 6.80. The van der Waals surface area contributed by atoms with Crippen LogP contribution in [0.25, 0.3) is 0 Å². The van der Waals surface area contributed by atoms with Crippen molar-refractivity contribution in [2.45, 2.75) is 64.3 Å². The maximum Gasteiger partial charge on any atom is 0.330 e. The lowest BCUT2D eigenvalue weighted by Gasteiger charge is -2.33. The lowest BCUT2D eigenvalue weighted by Crippen LogP contribution is -2.46. The molecule has 1 unspecified atom stereocenters. The molecule has 0 aliphatic carbocycles. The number of rotatable bonds is 9. The molecule has 0 aromatic carbocycles. The Morgan fingerprint density at radius 3 is 1.90 bits per heavy atom. The highest BCUT2D eigenvalue weighted by Gasteiger charge is 2.29. The van der Waals surface area contributed by atoms with Crippen molar-refractivity contribution in [1.82, 2.24) is 0 Å². The highest BCUT2D eigenvalue weighted by molar-refractivity contribution is 6.71. The highest BCUT2D eigenvalue weighted by Crippen LogP contribution is 2.15. The van der Waals surface area contributed by atoms with Crippen molar-refractivity contribution >= 4 is 32.1 Å². The van der Waals surface area contributed by atoms with E-state index in [9.17, 15) is 4.79 Å². The Kier molecular flexibility index (Phi) is 8.19. The van der Waals surface area contributed by atoms with Gasteiger partial charge >= 0.3 is 5.97 Å². The van der Waals surface area contributed by atoms with E-state index in [2.05, 4.69) is 45.9 Å². The fourth-order valence-electron chi connectivity index (χ4n) is 1.63. The third-order valence-corrected chi connectivity index (χ3v) is 6.92. The predicted octanol–water partition coefficient (Wildman–Crippen LogP) is 2.61. The van der Waals surface area contributed by atoms with Crippen LogP contribution in [0.15, 0.2) is 12.7 Å². The van der Waals surface area contributed by atoms with Gasteiger partial charge in [0, 0.05) is 6.08 Å². The van der Waals surface area contributed by atoms with E-state index in [-0.39, 0.29) is 17.6 Å². The number of hydrogen-bond donors (Lipinski definition) is 0. The van der Waals surface area contributed by atoms with Gasteiger partial charge in [-0.3, -0.25) is 0 Å². The number of hydrogen-bond acceptors (Lipinski definition) is 4. The summed E-state index contributed by atoms with van der Waals surface area (Å²) in [5, 5.41) is 0. The minimum absolute atomic E-state index is 0.0572. The van der Waals surface area contributed by atoms with E-state index in [4.69, 9.17) is 13.6 Å². The van der Waals surface area contributed by atoms with Gasteiger partial charge in [0.2, 0.25) is 0 Å². The normalized spacial score (nSPS) is 14.8. The van der Waals surface area contributed by atoms with Crippen LogP contribution >= 0.6 is 0 Å². The number of carbonyl (C=O) groups is 1. The summed E-state index contributed by atoms with van der Waals surface area (Å²) in [5.41, 5.74) is -0.0572. The third kappa shape index (κ3) is 10.6. The zero-order valence-corrected chi connectivity index (χ0v) is 17.4. The molecule has 118 valence electrons. The minimum atomic E-state index is -1.68. The molecule has 7 heteroatoms. The standard InChI is InChI=1S/C13H30O4Si3/c1-9-11(14)15-12(10-2)18-13(16-19(3,4)5)17-20(6,7)8/h9,12-13H,1,10,18H2,2-8H3. The summed E-state index contributed by atoms with van der Waals surface area (Å²) in [6.07, 6.45) is 2.01. The van der Waals surface area contributed by atoms with Crippen LogP contribution in [-0.4, -0.2) is 43.8 Å². The Morgan fingerprint density at radius 1 is 1.15 bits per heavy atom. The van der Waals surface area contributed by atoms with Crippen LogP contribution < -0.4 is 0 Å². The van der Waals surface area contributed by atoms with Crippen molar-refractivity contribution in [1.29, 1.82) is 0 Å². The molecule has 20 heavy (non-hydrogen) atoms. The average molecular weight is 335 g/mol. The SMILES string of the molecule is C=CC(=O)OC(CC)[SiH2]C(O[Si](C)(C)C)O[Si](C)(C)C. The number of carbonyl (C=O) groups excluding carboxylic acids is 1. The Bertz CT molecular complexity index is 305. The van der Waals surface area contributed by atoms with Crippen LogP contribution in [0, 0.1) is 0 Å². The van der Waals surface area contributed by atoms with Gasteiger partial charge in [-0.25, -0.2) is 4.79 Å². The Balaban J connectivity index is 4.75. The van der Waals surface area contributed by atoms with E-state index >= 15 is 0 Å². The Morgan fingerprint density at radius 2 is 1.60 bits per heavy atom. The topological polar surface area (TPSA) is 44.8 Å². The van der Waals surface area contributed by atoms with Gasteiger partial charge in [-0.2, -0.15) is 0 Å². The fourth-order valence-corrected chi connectivity index (χ4v) is 8.20. The molecule has 0 heterocycles. The van der Waals surface area contributed by atoms with Gasteiger partial charge in [0.15, 0.2) is 16.6 Å². The van der Waals surface area contributed by atoms with Crippen molar-refractivity contribution in [2.24, 2.45) is 0 Å². The van der Waals surface area contributed by atoms with Crippen LogP contribution in [0.1, 0.15) is 13.3 Å². The van der Waals surface area contributed by atoms with Crippen molar-refractivity contribution in [3.05, 3.63) is 12.7 Å². The molecule has 0 spiro atoms. The molecule has 0 aromatic rings. The maximum absolute atomic E-state index is 11.4. The minimum Gasteiger partial charge on any atom is -0.464 e. The molecule has 0 bridgehead atoms. The maximum atomic E-state index is 11.4. The lowest BCUT2D eigenvalue weighted by molar-refractivity contribution is -0.139. The zero-order chi connectivity index (χ0) is 16.0. The molecule has 0 rings (SSSR count). The smallest absolute Gasteiger partial charge is 0.330 e. The molecular formula is C13H30O4Si3. The first-order valence-electron chi connectivity index (χ1n) is 7.15. The summed E-state index contributed by atoms with van der Waals surface area (Å²) in [7, 11) is -4.19. The van der Waals surface area contributed by atoms with E-state index in [1.165, 1.54) is 6.08 Å². The Hall–Kier alpha value is -0.219. The van der Waals surface area contributed by atoms with Gasteiger partial charge in [0.25, 0.3) is 0 Å². The molecule has 0 fully saturated rings. The molecule has 0 saturated heterocycles. The lowest BCUT2D eigenvalue weighted by atomic mass is 10.5. The van der Waals surface area contributed by atoms with Gasteiger partial charge in [-0.15, -0.1) is 0 Å². The van der Waals surface area contributed by atoms with Crippen LogP contribution in [0.5, 0.6) is 0 Å². The molecule has 0 aromatic heterocycles. The van der Waals surface area contributed by atoms with E-state index in [1.54, 1.807) is 0 Å². The van der Waals surface area contributed by atoms with Crippen molar-refractivity contribution in [3.63, 3.8) is 0 Å². The molecule has 0 aliphatic rings. The van der Waals surface area contributed by atoms with Crippen LogP contribution in [0.4, 0.5) is 0 Å². The summed E-state index contributed by atoms with van der Waals surface area (Å²) < 4.78 is 17.7. The first-order chi connectivity index (χ1) is 8.96. The largest absolute Gasteiger partial charge is 0.464 e. The second-order valence-corrected chi connectivity index (χ2v) is 17.8. The van der Waals surface area contributed by atoms with Gasteiger partial charge in [0.05, 0.1) is 5.73 Å². The van der Waals surface area contributed by atoms with Crippen LogP contribution in [0.2, 0.25) is 39.3 Å². The van der Waals surface area contributed by atoms with Gasteiger partial charge in [-0.05, 0) is 45.7 Å². The van der Waals surface area contributed by atoms with Gasteiger partial charge in [-0.1, -0.05) is 13.5 Å². The molecule has 0 amide bonds. The zero-order valence-electron chi connectivity index (χ0n) is 14.0. The average Bonchev–Trinajstić information content (AvgIpc) is 2.23. The van der Waals surface area contributed by atoms with E-state index in [0.717, 1.165) is 6.42 Å². The quantitative estimate of drug-likeness (QED) is 0.281. The number of esters is 1. The molecule has 0 radical (unpaired) electrons. The fraction of sp³-hybridized carbons (Fsp3) is 0.769. The van der Waals surface area contributed by atoms with Gasteiger partial charge < -0.3 is 13.6 Å². The van der Waals surface area contributed by atoms with E-state index < -0.39 is 26.2 Å². The van der Waals surface area contributed by atoms with Crippen molar-refractivity contribution in [3.8, 4) is 0 Å². The van der Waals surface area contributed by atoms with E-state index in [0.29, 0.717) is 0 Å². The van der Waals surface area contributed by atoms with Crippen LogP contribution in [0.3, 0.4) is 0 Å². The molecule has 0 aliphatic heterocycles. The molecule has 0 saturated carbocycles. The molecule has 1 atom stereocenters. The van der Waals surface area contributed by atoms with Crippen LogP contribution in [-0.2, 0) is 18.4 Å². The first kappa shape index (κ1) is 19.8. The third-order valence-electron chi connectivity index (χ3n) is 2.33. The first-order valence-corrected chi connectivity index (χ1v) is 15.6. The summed E-state index contributed by atoms with van der Waals surface area (Å²) >= 11 is 0. The molecule has 4 nitrogen and oxygen atoms in total. The van der Waals surface area contributed by atoms with Crippen molar-refractivity contribution < 1.29 is 18.4 Å². The monoisotopic (exact) mass is 334 g/mol. The summed E-state index contributed by atoms with van der Waals surface area (Å²) in [5.74, 6) is -0.514. The summed E-state index contributed by atoms with van der Waals surface area (Å²) in [6.45, 7) is 18.4. The van der Waals surface area contributed by atoms with E-state index in [1.807, 2.05) is 6.92 Å². The summed E-state index contributed by atoms with van der Waals surface area (Å²) in [4.78, 5) is 11.4. The summed E-state index contributed by atoms with van der Waals surface area (Å²) in [6, 6.07) is 0.